The minimum atomic E-state index is -0.801. The lowest BCUT2D eigenvalue weighted by Crippen LogP contribution is -2.30. The van der Waals surface area contributed by atoms with Gasteiger partial charge in [0, 0.05) is 6.20 Å². The number of benzene rings is 2. The Bertz CT molecular complexity index is 1480. The standard InChI is InChI=1S/C28H25FN2O4/c1-16(2)11-12-34-20-6-4-5-18(13-20)25-24-26(32)21-14-19(29)8-9-22(21)35-27(24)28(33)31(25)23-10-7-17(3)15-30-23/h4-10,13-16,25H,11-12H2,1-3H3. The summed E-state index contributed by atoms with van der Waals surface area (Å²) in [6.45, 7) is 6.70. The van der Waals surface area contributed by atoms with E-state index >= 15 is 0 Å². The summed E-state index contributed by atoms with van der Waals surface area (Å²) in [5.74, 6) is 0.431. The summed E-state index contributed by atoms with van der Waals surface area (Å²) in [5, 5.41) is 0.0876. The first kappa shape index (κ1) is 22.8. The van der Waals surface area contributed by atoms with Gasteiger partial charge >= 0.3 is 0 Å². The van der Waals surface area contributed by atoms with Crippen molar-refractivity contribution in [3.8, 4) is 5.75 Å². The molecule has 1 atom stereocenters. The maximum Gasteiger partial charge on any atom is 0.296 e. The summed E-state index contributed by atoms with van der Waals surface area (Å²) in [7, 11) is 0. The smallest absolute Gasteiger partial charge is 0.296 e. The second-order valence-electron chi connectivity index (χ2n) is 9.19. The fraction of sp³-hybridized carbons (Fsp3) is 0.250. The maximum absolute atomic E-state index is 14.0. The van der Waals surface area contributed by atoms with Crippen LogP contribution in [0.1, 0.15) is 53.6 Å². The van der Waals surface area contributed by atoms with Crippen LogP contribution in [0, 0.1) is 18.7 Å². The van der Waals surface area contributed by atoms with Crippen molar-refractivity contribution in [3.05, 3.63) is 99.3 Å². The van der Waals surface area contributed by atoms with Gasteiger partial charge in [-0.15, -0.1) is 0 Å². The Labute approximate surface area is 202 Å². The van der Waals surface area contributed by atoms with Crippen LogP contribution >= 0.6 is 0 Å². The number of fused-ring (bicyclic) bond motifs is 2. The Kier molecular flexibility index (Phi) is 5.84. The van der Waals surface area contributed by atoms with Crippen molar-refractivity contribution >= 4 is 22.7 Å². The molecule has 1 aliphatic rings. The minimum Gasteiger partial charge on any atom is -0.494 e. The van der Waals surface area contributed by atoms with Crippen molar-refractivity contribution < 1.29 is 18.3 Å². The van der Waals surface area contributed by atoms with E-state index in [0.29, 0.717) is 29.7 Å². The lowest BCUT2D eigenvalue weighted by molar-refractivity contribution is 0.0970. The van der Waals surface area contributed by atoms with E-state index in [4.69, 9.17) is 9.15 Å². The molecule has 0 spiro atoms. The van der Waals surface area contributed by atoms with Crippen molar-refractivity contribution in [2.24, 2.45) is 5.92 Å². The van der Waals surface area contributed by atoms with Gasteiger partial charge < -0.3 is 9.15 Å². The van der Waals surface area contributed by atoms with Crippen LogP contribution in [0.25, 0.3) is 11.0 Å². The highest BCUT2D eigenvalue weighted by atomic mass is 19.1. The lowest BCUT2D eigenvalue weighted by Gasteiger charge is -2.24. The van der Waals surface area contributed by atoms with E-state index in [2.05, 4.69) is 18.8 Å². The van der Waals surface area contributed by atoms with E-state index in [0.717, 1.165) is 18.1 Å². The number of amides is 1. The van der Waals surface area contributed by atoms with Crippen LogP contribution in [0.2, 0.25) is 0 Å². The number of rotatable bonds is 6. The molecule has 0 radical (unpaired) electrons. The van der Waals surface area contributed by atoms with E-state index < -0.39 is 23.2 Å². The number of ether oxygens (including phenoxy) is 1. The topological polar surface area (TPSA) is 72.6 Å². The molecule has 0 N–H and O–H groups in total. The normalized spacial score (nSPS) is 15.2. The van der Waals surface area contributed by atoms with E-state index in [9.17, 15) is 14.0 Å². The van der Waals surface area contributed by atoms with Crippen LogP contribution in [0.3, 0.4) is 0 Å². The molecular formula is C28H25FN2O4. The SMILES string of the molecule is Cc1ccc(N2C(=O)c3oc4ccc(F)cc4c(=O)c3C2c2cccc(OCCC(C)C)c2)nc1. The average molecular weight is 473 g/mol. The summed E-state index contributed by atoms with van der Waals surface area (Å²) in [4.78, 5) is 33.1. The third kappa shape index (κ3) is 4.18. The van der Waals surface area contributed by atoms with Crippen LogP contribution in [0.15, 0.2) is 70.0 Å². The summed E-state index contributed by atoms with van der Waals surface area (Å²) < 4.78 is 25.8. The van der Waals surface area contributed by atoms with Gasteiger partial charge in [0.05, 0.1) is 23.6 Å². The molecule has 178 valence electrons. The summed E-state index contributed by atoms with van der Waals surface area (Å²) >= 11 is 0. The van der Waals surface area contributed by atoms with Gasteiger partial charge in [-0.3, -0.25) is 14.5 Å². The molecule has 7 heteroatoms. The Balaban J connectivity index is 1.68. The number of aryl methyl sites for hydroxylation is 1. The second-order valence-corrected chi connectivity index (χ2v) is 9.19. The third-order valence-corrected chi connectivity index (χ3v) is 6.11. The highest BCUT2D eigenvalue weighted by Crippen LogP contribution is 2.41. The summed E-state index contributed by atoms with van der Waals surface area (Å²) in [6, 6.07) is 13.8. The Morgan fingerprint density at radius 1 is 1.11 bits per heavy atom. The number of carbonyl (C=O) groups is 1. The van der Waals surface area contributed by atoms with Crippen LogP contribution < -0.4 is 15.1 Å². The summed E-state index contributed by atoms with van der Waals surface area (Å²) in [6.07, 6.45) is 2.56. The largest absolute Gasteiger partial charge is 0.494 e. The van der Waals surface area contributed by atoms with Crippen LogP contribution in [-0.2, 0) is 0 Å². The molecule has 1 unspecified atom stereocenters. The van der Waals surface area contributed by atoms with Gasteiger partial charge in [-0.05, 0) is 66.8 Å². The number of anilines is 1. The molecule has 0 saturated carbocycles. The molecule has 0 bridgehead atoms. The molecule has 1 amide bonds. The minimum absolute atomic E-state index is 0.0624. The number of nitrogens with zero attached hydrogens (tertiary/aromatic N) is 2. The third-order valence-electron chi connectivity index (χ3n) is 6.11. The second kappa shape index (κ2) is 8.98. The van der Waals surface area contributed by atoms with Crippen molar-refractivity contribution in [1.82, 2.24) is 4.98 Å². The molecule has 0 saturated heterocycles. The Morgan fingerprint density at radius 2 is 1.94 bits per heavy atom. The number of hydrogen-bond donors (Lipinski definition) is 0. The van der Waals surface area contributed by atoms with E-state index in [-0.39, 0.29) is 22.3 Å². The predicted octanol–water partition coefficient (Wildman–Crippen LogP) is 5.81. The highest BCUT2D eigenvalue weighted by Gasteiger charge is 2.44. The number of hydrogen-bond acceptors (Lipinski definition) is 5. The Hall–Kier alpha value is -4.00. The fourth-order valence-electron chi connectivity index (χ4n) is 4.29. The number of halogens is 1. The van der Waals surface area contributed by atoms with E-state index in [1.807, 2.05) is 37.3 Å². The fourth-order valence-corrected chi connectivity index (χ4v) is 4.29. The molecule has 4 aromatic rings. The number of carbonyl (C=O) groups excluding carboxylic acids is 1. The first-order valence-electron chi connectivity index (χ1n) is 11.6. The molecule has 1 aliphatic heterocycles. The molecule has 2 aromatic heterocycles. The zero-order valence-corrected chi connectivity index (χ0v) is 19.7. The first-order valence-corrected chi connectivity index (χ1v) is 11.6. The molecule has 2 aromatic carbocycles. The van der Waals surface area contributed by atoms with Gasteiger partial charge in [0.15, 0.2) is 5.43 Å². The average Bonchev–Trinajstić information content (AvgIpc) is 3.13. The van der Waals surface area contributed by atoms with Gasteiger partial charge in [-0.2, -0.15) is 0 Å². The predicted molar refractivity (Wildman–Crippen MR) is 131 cm³/mol. The van der Waals surface area contributed by atoms with E-state index in [1.165, 1.54) is 17.0 Å². The van der Waals surface area contributed by atoms with Gasteiger partial charge in [0.1, 0.15) is 23.0 Å². The zero-order chi connectivity index (χ0) is 24.7. The van der Waals surface area contributed by atoms with Crippen molar-refractivity contribution in [2.45, 2.75) is 33.2 Å². The van der Waals surface area contributed by atoms with Gasteiger partial charge in [0.2, 0.25) is 5.76 Å². The summed E-state index contributed by atoms with van der Waals surface area (Å²) in [5.41, 5.74) is 1.48. The van der Waals surface area contributed by atoms with Crippen molar-refractivity contribution in [3.63, 3.8) is 0 Å². The van der Waals surface area contributed by atoms with Crippen molar-refractivity contribution in [2.75, 3.05) is 11.5 Å². The molecule has 3 heterocycles. The van der Waals surface area contributed by atoms with Crippen molar-refractivity contribution in [1.29, 1.82) is 0 Å². The monoisotopic (exact) mass is 472 g/mol. The van der Waals surface area contributed by atoms with Gasteiger partial charge in [-0.1, -0.05) is 32.0 Å². The zero-order valence-electron chi connectivity index (χ0n) is 19.7. The molecule has 35 heavy (non-hydrogen) atoms. The maximum atomic E-state index is 14.0. The van der Waals surface area contributed by atoms with Crippen LogP contribution in [-0.4, -0.2) is 17.5 Å². The Morgan fingerprint density at radius 3 is 2.69 bits per heavy atom. The van der Waals surface area contributed by atoms with Gasteiger partial charge in [-0.25, -0.2) is 9.37 Å². The number of aromatic nitrogens is 1. The molecule has 0 aliphatic carbocycles. The van der Waals surface area contributed by atoms with E-state index in [1.54, 1.807) is 12.3 Å². The quantitative estimate of drug-likeness (QED) is 0.354. The first-order chi connectivity index (χ1) is 16.8. The van der Waals surface area contributed by atoms with Crippen LogP contribution in [0.5, 0.6) is 5.75 Å². The van der Waals surface area contributed by atoms with Gasteiger partial charge in [0.25, 0.3) is 5.91 Å². The van der Waals surface area contributed by atoms with Crippen LogP contribution in [0.4, 0.5) is 10.2 Å². The molecular weight excluding hydrogens is 447 g/mol. The lowest BCUT2D eigenvalue weighted by atomic mass is 9.98. The number of pyridine rings is 1. The molecule has 0 fully saturated rings. The molecule has 5 rings (SSSR count). The molecule has 6 nitrogen and oxygen atoms in total. The highest BCUT2D eigenvalue weighted by molar-refractivity contribution is 6.10.